The van der Waals surface area contributed by atoms with Crippen LogP contribution in [-0.4, -0.2) is 36.8 Å². The number of aryl methyl sites for hydroxylation is 1. The van der Waals surface area contributed by atoms with Gasteiger partial charge in [0, 0.05) is 22.2 Å². The Balaban J connectivity index is 1.40. The van der Waals surface area contributed by atoms with Crippen LogP contribution in [0.3, 0.4) is 0 Å². The zero-order chi connectivity index (χ0) is 28.9. The number of anilines is 2. The first-order chi connectivity index (χ1) is 19.9. The molecule has 1 aliphatic rings. The minimum atomic E-state index is -0.492. The maximum absolute atomic E-state index is 13.5. The maximum atomic E-state index is 13.5. The fourth-order valence-electron chi connectivity index (χ4n) is 4.13. The van der Waals surface area contributed by atoms with E-state index in [1.54, 1.807) is 73.8 Å². The molecule has 208 valence electrons. The van der Waals surface area contributed by atoms with Crippen LogP contribution in [-0.2, 0) is 16.1 Å². The van der Waals surface area contributed by atoms with Crippen LogP contribution in [0.25, 0.3) is 0 Å². The molecule has 2 N–H and O–H groups in total. The lowest BCUT2D eigenvalue weighted by atomic mass is 10.1. The van der Waals surface area contributed by atoms with Gasteiger partial charge in [0.25, 0.3) is 17.7 Å². The second kappa shape index (κ2) is 12.1. The third-order valence-corrected chi connectivity index (χ3v) is 7.42. The summed E-state index contributed by atoms with van der Waals surface area (Å²) in [6.07, 6.45) is 1.49. The van der Waals surface area contributed by atoms with E-state index in [2.05, 4.69) is 10.6 Å². The Morgan fingerprint density at radius 1 is 0.927 bits per heavy atom. The first kappa shape index (κ1) is 27.6. The summed E-state index contributed by atoms with van der Waals surface area (Å²) < 4.78 is 16.1. The maximum Gasteiger partial charge on any atom is 0.278 e. The number of benzene rings is 3. The summed E-state index contributed by atoms with van der Waals surface area (Å²) >= 11 is 1.15. The highest BCUT2D eigenvalue weighted by Crippen LogP contribution is 2.39. The number of hydrogen-bond donors (Lipinski definition) is 2. The Bertz CT molecular complexity index is 1610. The van der Waals surface area contributed by atoms with Crippen molar-refractivity contribution in [1.29, 1.82) is 0 Å². The summed E-state index contributed by atoms with van der Waals surface area (Å²) in [5, 5.41) is 5.98. The predicted octanol–water partition coefficient (Wildman–Crippen LogP) is 5.84. The smallest absolute Gasteiger partial charge is 0.278 e. The lowest BCUT2D eigenvalue weighted by Gasteiger charge is -2.15. The summed E-state index contributed by atoms with van der Waals surface area (Å²) in [6.45, 7) is 1.95. The van der Waals surface area contributed by atoms with E-state index < -0.39 is 11.8 Å². The summed E-state index contributed by atoms with van der Waals surface area (Å²) in [7, 11) is 3.05. The SMILES string of the molecule is COc1ccc(NC2=C(Sc3ccc(NC(=O)c4ccc(C)cc4)cc3)C(=O)N(Cc3ccco3)C2=O)c(OC)c1. The molecule has 10 heteroatoms. The normalized spacial score (nSPS) is 13.0. The van der Waals surface area contributed by atoms with Crippen molar-refractivity contribution in [2.75, 3.05) is 24.9 Å². The van der Waals surface area contributed by atoms with Gasteiger partial charge < -0.3 is 24.5 Å². The molecule has 41 heavy (non-hydrogen) atoms. The molecule has 3 aromatic carbocycles. The molecule has 0 radical (unpaired) electrons. The number of ether oxygens (including phenoxy) is 2. The van der Waals surface area contributed by atoms with E-state index >= 15 is 0 Å². The molecule has 1 aliphatic heterocycles. The second-order valence-electron chi connectivity index (χ2n) is 9.12. The molecule has 2 heterocycles. The minimum Gasteiger partial charge on any atom is -0.497 e. The number of thioether (sulfide) groups is 1. The largest absolute Gasteiger partial charge is 0.497 e. The Labute approximate surface area is 241 Å². The number of methoxy groups -OCH3 is 2. The minimum absolute atomic E-state index is 0.0103. The van der Waals surface area contributed by atoms with Crippen molar-refractivity contribution in [2.24, 2.45) is 0 Å². The molecule has 1 aromatic heterocycles. The number of hydrogen-bond acceptors (Lipinski definition) is 8. The topological polar surface area (TPSA) is 110 Å². The summed E-state index contributed by atoms with van der Waals surface area (Å²) in [4.78, 5) is 41.7. The molecule has 0 saturated carbocycles. The van der Waals surface area contributed by atoms with Gasteiger partial charge in [0.15, 0.2) is 0 Å². The third kappa shape index (κ3) is 6.12. The van der Waals surface area contributed by atoms with Crippen LogP contribution < -0.4 is 20.1 Å². The van der Waals surface area contributed by atoms with Crippen molar-refractivity contribution < 1.29 is 28.3 Å². The average molecular weight is 570 g/mol. The number of imide groups is 1. The van der Waals surface area contributed by atoms with E-state index in [0.29, 0.717) is 39.1 Å². The van der Waals surface area contributed by atoms with Crippen LogP contribution in [0, 0.1) is 6.92 Å². The summed E-state index contributed by atoms with van der Waals surface area (Å²) in [5.74, 6) is 0.335. The van der Waals surface area contributed by atoms with Gasteiger partial charge in [-0.2, -0.15) is 0 Å². The number of furan rings is 1. The zero-order valence-electron chi connectivity index (χ0n) is 22.6. The van der Waals surface area contributed by atoms with Gasteiger partial charge >= 0.3 is 0 Å². The predicted molar refractivity (Wildman–Crippen MR) is 156 cm³/mol. The van der Waals surface area contributed by atoms with Crippen molar-refractivity contribution >= 4 is 40.9 Å². The molecule has 4 aromatic rings. The molecule has 0 atom stereocenters. The number of carbonyl (C=O) groups excluding carboxylic acids is 3. The molecular formula is C31H27N3O6S. The van der Waals surface area contributed by atoms with E-state index in [1.165, 1.54) is 13.4 Å². The number of nitrogens with one attached hydrogen (secondary N) is 2. The van der Waals surface area contributed by atoms with Crippen molar-refractivity contribution in [2.45, 2.75) is 18.4 Å². The number of carbonyl (C=O) groups is 3. The number of nitrogens with zero attached hydrogens (tertiary/aromatic N) is 1. The Hall–Kier alpha value is -4.96. The van der Waals surface area contributed by atoms with Gasteiger partial charge in [0.05, 0.1) is 32.7 Å². The van der Waals surface area contributed by atoms with Crippen molar-refractivity contribution in [3.05, 3.63) is 113 Å². The third-order valence-electron chi connectivity index (χ3n) is 6.33. The van der Waals surface area contributed by atoms with E-state index in [4.69, 9.17) is 13.9 Å². The molecule has 9 nitrogen and oxygen atoms in total. The molecule has 0 bridgehead atoms. The Kier molecular flexibility index (Phi) is 8.11. The summed E-state index contributed by atoms with van der Waals surface area (Å²) in [6, 6.07) is 22.9. The molecule has 0 fully saturated rings. The zero-order valence-corrected chi connectivity index (χ0v) is 23.4. The fraction of sp³-hybridized carbons (Fsp3) is 0.129. The van der Waals surface area contributed by atoms with Crippen molar-refractivity contribution in [3.8, 4) is 11.5 Å². The molecular weight excluding hydrogens is 542 g/mol. The van der Waals surface area contributed by atoms with Crippen LogP contribution in [0.2, 0.25) is 0 Å². The number of amides is 3. The first-order valence-corrected chi connectivity index (χ1v) is 13.5. The van der Waals surface area contributed by atoms with E-state index in [-0.39, 0.29) is 23.1 Å². The molecule has 5 rings (SSSR count). The molecule has 0 spiro atoms. The van der Waals surface area contributed by atoms with Gasteiger partial charge in [-0.3, -0.25) is 19.3 Å². The van der Waals surface area contributed by atoms with Crippen LogP contribution in [0.15, 0.2) is 105 Å². The van der Waals surface area contributed by atoms with E-state index in [1.807, 2.05) is 19.1 Å². The van der Waals surface area contributed by atoms with Crippen LogP contribution in [0.1, 0.15) is 21.7 Å². The lowest BCUT2D eigenvalue weighted by Crippen LogP contribution is -2.31. The molecule has 0 unspecified atom stereocenters. The van der Waals surface area contributed by atoms with Gasteiger partial charge in [0.1, 0.15) is 27.9 Å². The lowest BCUT2D eigenvalue weighted by molar-refractivity contribution is -0.138. The molecule has 3 amide bonds. The monoisotopic (exact) mass is 569 g/mol. The highest BCUT2D eigenvalue weighted by atomic mass is 32.2. The van der Waals surface area contributed by atoms with Crippen LogP contribution >= 0.6 is 11.8 Å². The standard InChI is InChI=1S/C31H27N3O6S/c1-19-6-8-20(9-7-19)29(35)32-21-10-13-24(14-11-21)41-28-27(33-25-15-12-22(38-2)17-26(25)39-3)30(36)34(31(28)37)18-23-5-4-16-40-23/h4-17,33H,18H2,1-3H3,(H,32,35). The fourth-order valence-corrected chi connectivity index (χ4v) is 5.08. The number of rotatable bonds is 10. The van der Waals surface area contributed by atoms with Crippen molar-refractivity contribution in [1.82, 2.24) is 4.90 Å². The highest BCUT2D eigenvalue weighted by Gasteiger charge is 2.40. The second-order valence-corrected chi connectivity index (χ2v) is 10.2. The van der Waals surface area contributed by atoms with E-state index in [0.717, 1.165) is 22.2 Å². The average Bonchev–Trinajstić information content (AvgIpc) is 3.58. The molecule has 0 aliphatic carbocycles. The van der Waals surface area contributed by atoms with Crippen LogP contribution in [0.5, 0.6) is 11.5 Å². The van der Waals surface area contributed by atoms with Crippen LogP contribution in [0.4, 0.5) is 11.4 Å². The first-order valence-electron chi connectivity index (χ1n) is 12.6. The van der Waals surface area contributed by atoms with Gasteiger partial charge in [-0.05, 0) is 67.6 Å². The highest BCUT2D eigenvalue weighted by molar-refractivity contribution is 8.04. The Morgan fingerprint density at radius 2 is 1.68 bits per heavy atom. The van der Waals surface area contributed by atoms with Gasteiger partial charge in [0.2, 0.25) is 0 Å². The van der Waals surface area contributed by atoms with Crippen molar-refractivity contribution in [3.63, 3.8) is 0 Å². The molecule has 0 saturated heterocycles. The Morgan fingerprint density at radius 3 is 2.34 bits per heavy atom. The van der Waals surface area contributed by atoms with Gasteiger partial charge in [-0.25, -0.2) is 0 Å². The summed E-state index contributed by atoms with van der Waals surface area (Å²) in [5.41, 5.74) is 2.83. The van der Waals surface area contributed by atoms with Gasteiger partial charge in [-0.15, -0.1) is 0 Å². The van der Waals surface area contributed by atoms with E-state index in [9.17, 15) is 14.4 Å². The van der Waals surface area contributed by atoms with Gasteiger partial charge in [-0.1, -0.05) is 29.5 Å². The quantitative estimate of drug-likeness (QED) is 0.229.